The number of nitriles is 1. The van der Waals surface area contributed by atoms with Crippen molar-refractivity contribution in [2.45, 2.75) is 48.7 Å². The van der Waals surface area contributed by atoms with Crippen molar-refractivity contribution in [3.63, 3.8) is 0 Å². The Balaban J connectivity index is 1.75. The van der Waals surface area contributed by atoms with Crippen LogP contribution in [0.2, 0.25) is 5.02 Å². The average Bonchev–Trinajstić information content (AvgIpc) is 2.85. The summed E-state index contributed by atoms with van der Waals surface area (Å²) in [5, 5.41) is 20.3. The summed E-state index contributed by atoms with van der Waals surface area (Å²) in [7, 11) is -3.78. The fourth-order valence-electron chi connectivity index (χ4n) is 3.58. The van der Waals surface area contributed by atoms with E-state index in [0.29, 0.717) is 17.0 Å². The number of amides is 1. The second-order valence-electron chi connectivity index (χ2n) is 9.53. The van der Waals surface area contributed by atoms with Gasteiger partial charge in [-0.15, -0.1) is 0 Å². The molecule has 0 aliphatic heterocycles. The van der Waals surface area contributed by atoms with Crippen molar-refractivity contribution in [1.29, 1.82) is 5.26 Å². The number of halogens is 1. The van der Waals surface area contributed by atoms with E-state index in [4.69, 9.17) is 21.6 Å². The number of hydrogen-bond acceptors (Lipinski definition) is 6. The average molecular weight is 541 g/mol. The lowest BCUT2D eigenvalue weighted by Gasteiger charge is -2.29. The van der Waals surface area contributed by atoms with E-state index in [1.165, 1.54) is 35.2 Å². The molecule has 0 aliphatic carbocycles. The molecule has 1 atom stereocenters. The molecule has 0 radical (unpaired) electrons. The van der Waals surface area contributed by atoms with Crippen LogP contribution in [0.4, 0.5) is 4.79 Å². The zero-order valence-electron chi connectivity index (χ0n) is 20.9. The molecule has 1 amide bonds. The first kappa shape index (κ1) is 28.2. The molecule has 194 valence electrons. The molecule has 37 heavy (non-hydrogen) atoms. The lowest BCUT2D eigenvalue weighted by molar-refractivity contribution is 0.0147. The molecule has 0 aliphatic rings. The molecule has 0 bridgehead atoms. The molecular formula is C28H29ClN2O5S. The van der Waals surface area contributed by atoms with Crippen LogP contribution in [0.25, 0.3) is 0 Å². The number of carbonyl (C=O) groups is 1. The minimum absolute atomic E-state index is 0.00302. The van der Waals surface area contributed by atoms with Crippen molar-refractivity contribution in [2.75, 3.05) is 13.1 Å². The highest BCUT2D eigenvalue weighted by Gasteiger charge is 2.25. The Morgan fingerprint density at radius 2 is 1.73 bits per heavy atom. The normalized spacial score (nSPS) is 12.4. The summed E-state index contributed by atoms with van der Waals surface area (Å²) in [5.74, 6) is 0. The molecular weight excluding hydrogens is 512 g/mol. The van der Waals surface area contributed by atoms with E-state index in [1.54, 1.807) is 63.2 Å². The number of sulfone groups is 1. The maximum Gasteiger partial charge on any atom is 0.410 e. The second kappa shape index (κ2) is 11.8. The molecule has 3 rings (SSSR count). The van der Waals surface area contributed by atoms with Crippen LogP contribution in [0.5, 0.6) is 0 Å². The van der Waals surface area contributed by atoms with Crippen LogP contribution in [0.3, 0.4) is 0 Å². The van der Waals surface area contributed by atoms with E-state index in [1.807, 2.05) is 6.07 Å². The summed E-state index contributed by atoms with van der Waals surface area (Å²) in [6, 6.07) is 21.0. The molecule has 0 aromatic heterocycles. The van der Waals surface area contributed by atoms with Gasteiger partial charge in [-0.3, -0.25) is 0 Å². The third kappa shape index (κ3) is 7.80. The molecule has 3 aromatic carbocycles. The second-order valence-corrected chi connectivity index (χ2v) is 11.9. The highest BCUT2D eigenvalue weighted by molar-refractivity contribution is 7.91. The van der Waals surface area contributed by atoms with E-state index in [2.05, 4.69) is 0 Å². The maximum atomic E-state index is 13.0. The molecule has 9 heteroatoms. The Hall–Kier alpha value is -3.38. The van der Waals surface area contributed by atoms with Gasteiger partial charge in [0.05, 0.1) is 34.1 Å². The maximum absolute atomic E-state index is 13.0. The Morgan fingerprint density at radius 1 is 1.05 bits per heavy atom. The Kier molecular flexibility index (Phi) is 8.98. The van der Waals surface area contributed by atoms with Gasteiger partial charge in [-0.1, -0.05) is 41.9 Å². The van der Waals surface area contributed by atoms with Crippen LogP contribution in [0.15, 0.2) is 82.6 Å². The number of hydrogen-bond donors (Lipinski definition) is 1. The van der Waals surface area contributed by atoms with E-state index in [9.17, 15) is 18.3 Å². The lowest BCUT2D eigenvalue weighted by atomic mass is 10.1. The van der Waals surface area contributed by atoms with Gasteiger partial charge in [0.1, 0.15) is 5.60 Å². The Labute approximate surface area is 222 Å². The highest BCUT2D eigenvalue weighted by Crippen LogP contribution is 2.23. The molecule has 1 N–H and O–H groups in total. The van der Waals surface area contributed by atoms with Crippen molar-refractivity contribution in [1.82, 2.24) is 4.90 Å². The monoisotopic (exact) mass is 540 g/mol. The van der Waals surface area contributed by atoms with Crippen molar-refractivity contribution in [2.24, 2.45) is 0 Å². The van der Waals surface area contributed by atoms with E-state index < -0.39 is 27.6 Å². The minimum atomic E-state index is -3.78. The molecule has 0 saturated carbocycles. The van der Waals surface area contributed by atoms with Crippen LogP contribution in [0, 0.1) is 11.3 Å². The lowest BCUT2D eigenvalue weighted by Crippen LogP contribution is -2.40. The summed E-state index contributed by atoms with van der Waals surface area (Å²) in [6.07, 6.45) is -1.13. The molecule has 3 aromatic rings. The SMILES string of the molecule is CC(C)(C)OC(=O)N(CCc1ccc(S(=O)(=O)c2cccc(C#N)c2)cc1)CC(O)c1cccc(Cl)c1. The fraction of sp³-hybridized carbons (Fsp3) is 0.286. The van der Waals surface area contributed by atoms with Gasteiger partial charge in [0, 0.05) is 11.6 Å². The van der Waals surface area contributed by atoms with Crippen molar-refractivity contribution in [3.05, 3.63) is 94.5 Å². The van der Waals surface area contributed by atoms with Crippen molar-refractivity contribution < 1.29 is 23.1 Å². The number of benzene rings is 3. The molecule has 0 heterocycles. The first-order valence-corrected chi connectivity index (χ1v) is 13.5. The van der Waals surface area contributed by atoms with Gasteiger partial charge in [-0.25, -0.2) is 13.2 Å². The van der Waals surface area contributed by atoms with Gasteiger partial charge < -0.3 is 14.7 Å². The molecule has 7 nitrogen and oxygen atoms in total. The predicted molar refractivity (Wildman–Crippen MR) is 141 cm³/mol. The first-order chi connectivity index (χ1) is 17.4. The summed E-state index contributed by atoms with van der Waals surface area (Å²) in [4.78, 5) is 14.4. The largest absolute Gasteiger partial charge is 0.444 e. The van der Waals surface area contributed by atoms with Crippen molar-refractivity contribution in [3.8, 4) is 6.07 Å². The number of ether oxygens (including phenoxy) is 1. The molecule has 0 saturated heterocycles. The Bertz CT molecular complexity index is 1390. The third-order valence-corrected chi connectivity index (χ3v) is 7.46. The number of carbonyl (C=O) groups excluding carboxylic acids is 1. The smallest absolute Gasteiger partial charge is 0.410 e. The summed E-state index contributed by atoms with van der Waals surface area (Å²) >= 11 is 6.04. The standard InChI is InChI=1S/C28H29ClN2O5S/c1-28(2,3)36-27(33)31(19-26(32)22-7-5-8-23(29)17-22)15-14-20-10-12-24(13-11-20)37(34,35)25-9-4-6-21(16-25)18-30/h4-13,16-17,26,32H,14-15,19H2,1-3H3. The number of rotatable bonds is 8. The number of aliphatic hydroxyl groups excluding tert-OH is 1. The topological polar surface area (TPSA) is 108 Å². The highest BCUT2D eigenvalue weighted by atomic mass is 35.5. The summed E-state index contributed by atoms with van der Waals surface area (Å²) in [6.45, 7) is 5.53. The van der Waals surface area contributed by atoms with E-state index in [-0.39, 0.29) is 28.4 Å². The summed E-state index contributed by atoms with van der Waals surface area (Å²) in [5.41, 5.74) is 0.932. The van der Waals surface area contributed by atoms with Crippen LogP contribution in [0.1, 0.15) is 43.6 Å². The van der Waals surface area contributed by atoms with Crippen LogP contribution in [-0.4, -0.2) is 43.2 Å². The van der Waals surface area contributed by atoms with Crippen LogP contribution < -0.4 is 0 Å². The van der Waals surface area contributed by atoms with Gasteiger partial charge in [-0.2, -0.15) is 5.26 Å². The van der Waals surface area contributed by atoms with Gasteiger partial charge in [0.15, 0.2) is 0 Å². The molecule has 1 unspecified atom stereocenters. The van der Waals surface area contributed by atoms with Crippen LogP contribution in [-0.2, 0) is 21.0 Å². The van der Waals surface area contributed by atoms with Gasteiger partial charge in [0.25, 0.3) is 0 Å². The zero-order valence-corrected chi connectivity index (χ0v) is 22.5. The van der Waals surface area contributed by atoms with Gasteiger partial charge >= 0.3 is 6.09 Å². The quantitative estimate of drug-likeness (QED) is 0.401. The van der Waals surface area contributed by atoms with E-state index >= 15 is 0 Å². The van der Waals surface area contributed by atoms with Crippen molar-refractivity contribution >= 4 is 27.5 Å². The summed E-state index contributed by atoms with van der Waals surface area (Å²) < 4.78 is 31.5. The number of aliphatic hydroxyl groups is 1. The number of nitrogens with zero attached hydrogens (tertiary/aromatic N) is 2. The van der Waals surface area contributed by atoms with Gasteiger partial charge in [-0.05, 0) is 80.8 Å². The molecule has 0 spiro atoms. The van der Waals surface area contributed by atoms with Crippen LogP contribution >= 0.6 is 11.6 Å². The third-order valence-electron chi connectivity index (χ3n) is 5.46. The van der Waals surface area contributed by atoms with Gasteiger partial charge in [0.2, 0.25) is 9.84 Å². The fourth-order valence-corrected chi connectivity index (χ4v) is 5.08. The molecule has 0 fully saturated rings. The minimum Gasteiger partial charge on any atom is -0.444 e. The zero-order chi connectivity index (χ0) is 27.2. The van der Waals surface area contributed by atoms with E-state index in [0.717, 1.165) is 5.56 Å². The predicted octanol–water partition coefficient (Wildman–Crippen LogP) is 5.56. The Morgan fingerprint density at radius 3 is 2.35 bits per heavy atom. The first-order valence-electron chi connectivity index (χ1n) is 11.6.